The molecule has 0 spiro atoms. The predicted molar refractivity (Wildman–Crippen MR) is 61.5 cm³/mol. The van der Waals surface area contributed by atoms with Crippen LogP contribution in [0.4, 0.5) is 0 Å². The van der Waals surface area contributed by atoms with E-state index in [9.17, 15) is 39.6 Å². The zero-order valence-corrected chi connectivity index (χ0v) is 12.4. The van der Waals surface area contributed by atoms with Crippen molar-refractivity contribution in [2.75, 3.05) is 0 Å². The Hall–Kier alpha value is -2.64. The molecule has 0 aromatic carbocycles. The van der Waals surface area contributed by atoms with Crippen LogP contribution in [0.3, 0.4) is 0 Å². The van der Waals surface area contributed by atoms with Crippen molar-refractivity contribution in [3.8, 4) is 0 Å². The molecule has 0 aromatic rings. The first-order chi connectivity index (χ1) is 10.2. The summed E-state index contributed by atoms with van der Waals surface area (Å²) in [5.74, 6) is -6.71. The quantitative estimate of drug-likeness (QED) is 0.357. The van der Waals surface area contributed by atoms with Crippen molar-refractivity contribution in [2.45, 2.75) is 0 Å². The molecule has 0 saturated heterocycles. The van der Waals surface area contributed by atoms with Crippen LogP contribution in [0.5, 0.6) is 0 Å². The molecule has 2 aliphatic carbocycles. The van der Waals surface area contributed by atoms with E-state index in [1.807, 2.05) is 0 Å². The van der Waals surface area contributed by atoms with E-state index in [0.29, 0.717) is 0 Å². The average molecular weight is 359 g/mol. The van der Waals surface area contributed by atoms with E-state index in [-0.39, 0.29) is 17.1 Å². The summed E-state index contributed by atoms with van der Waals surface area (Å²) >= 11 is 0. The smallest absolute Gasteiger partial charge is 0.0859 e. The molecule has 0 bridgehead atoms. The number of hydrogen-bond donors (Lipinski definition) is 0. The van der Waals surface area contributed by atoms with Crippen LogP contribution in [0, 0.1) is 10.8 Å². The first-order valence-corrected chi connectivity index (χ1v) is 5.79. The van der Waals surface area contributed by atoms with E-state index in [2.05, 4.69) is 0 Å². The molecule has 23 heavy (non-hydrogen) atoms. The molecule has 0 unspecified atom stereocenters. The largest absolute Gasteiger partial charge is 0.548 e. The van der Waals surface area contributed by atoms with Crippen LogP contribution < -0.4 is 20.4 Å². The Labute approximate surface area is 140 Å². The Kier molecular flexibility index (Phi) is 6.70. The monoisotopic (exact) mass is 359 g/mol. The van der Waals surface area contributed by atoms with Crippen molar-refractivity contribution >= 4 is 23.9 Å². The Morgan fingerprint density at radius 1 is 0.522 bits per heavy atom. The number of carbonyl (C=O) groups is 4. The Morgan fingerprint density at radius 3 is 0.783 bits per heavy atom. The average Bonchev–Trinajstić information content (AvgIpc) is 3.10. The van der Waals surface area contributed by atoms with E-state index >= 15 is 0 Å². The van der Waals surface area contributed by atoms with Gasteiger partial charge in [-0.2, -0.15) is 0 Å². The molecule has 123 valence electrons. The molecule has 0 saturated carbocycles. The minimum atomic E-state index is -2.06. The molecule has 2 aliphatic rings. The van der Waals surface area contributed by atoms with Crippen LogP contribution in [0.15, 0.2) is 48.6 Å². The summed E-state index contributed by atoms with van der Waals surface area (Å²) in [6.45, 7) is 0. The number of hydrogen-bond acceptors (Lipinski definition) is 8. The van der Waals surface area contributed by atoms with Gasteiger partial charge in [0.1, 0.15) is 0 Å². The fraction of sp³-hybridized carbons (Fsp3) is 0.143. The van der Waals surface area contributed by atoms with Crippen molar-refractivity contribution in [1.29, 1.82) is 0 Å². The van der Waals surface area contributed by atoms with Gasteiger partial charge in [0.05, 0.1) is 34.7 Å². The number of carbonyl (C=O) groups excluding carboxylic acids is 4. The third kappa shape index (κ3) is 3.77. The summed E-state index contributed by atoms with van der Waals surface area (Å²) in [6, 6.07) is 0. The van der Waals surface area contributed by atoms with Crippen molar-refractivity contribution in [1.82, 2.24) is 0 Å². The second-order valence-corrected chi connectivity index (χ2v) is 4.32. The Balaban J connectivity index is 0.000000403. The molecule has 0 heterocycles. The molecule has 0 atom stereocenters. The van der Waals surface area contributed by atoms with Crippen LogP contribution in [0.25, 0.3) is 0 Å². The first kappa shape index (κ1) is 20.4. The van der Waals surface area contributed by atoms with Crippen LogP contribution >= 0.6 is 0 Å². The third-order valence-corrected chi connectivity index (χ3v) is 3.01. The zero-order chi connectivity index (χ0) is 17.0. The molecule has 8 nitrogen and oxygen atoms in total. The summed E-state index contributed by atoms with van der Waals surface area (Å²) in [5.41, 5.74) is -4.11. The number of allylic oxidation sites excluding steroid dienone is 4. The van der Waals surface area contributed by atoms with Gasteiger partial charge in [0, 0.05) is 17.1 Å². The summed E-state index contributed by atoms with van der Waals surface area (Å²) in [7, 11) is 0. The molecule has 9 heteroatoms. The number of rotatable bonds is 4. The molecule has 2 rings (SSSR count). The minimum Gasteiger partial charge on any atom is -0.548 e. The third-order valence-electron chi connectivity index (χ3n) is 3.01. The first-order valence-electron chi connectivity index (χ1n) is 5.79. The summed E-state index contributed by atoms with van der Waals surface area (Å²) < 4.78 is 0. The maximum absolute atomic E-state index is 10.3. The summed E-state index contributed by atoms with van der Waals surface area (Å²) in [5, 5.41) is 41.3. The van der Waals surface area contributed by atoms with Crippen molar-refractivity contribution in [2.24, 2.45) is 10.8 Å². The van der Waals surface area contributed by atoms with E-state index in [0.717, 1.165) is 24.3 Å². The van der Waals surface area contributed by atoms with E-state index < -0.39 is 34.7 Å². The Bertz CT molecular complexity index is 529. The maximum atomic E-state index is 10.3. The number of aliphatic carboxylic acids is 4. The molecule has 0 amide bonds. The summed E-state index contributed by atoms with van der Waals surface area (Å²) in [4.78, 5) is 41.3. The van der Waals surface area contributed by atoms with Gasteiger partial charge in [0.2, 0.25) is 0 Å². The topological polar surface area (TPSA) is 161 Å². The second-order valence-electron chi connectivity index (χ2n) is 4.32. The molecule has 0 N–H and O–H groups in total. The van der Waals surface area contributed by atoms with Gasteiger partial charge in [0.15, 0.2) is 0 Å². The standard InChI is InChI=1S/2C7H6O4.Mn/c2*8-5(9)7(6(10)11)3-1-2-4-7;/h2*1-4H,(H,8,9)(H,10,11);/p-4. The molecule has 1 radical (unpaired) electrons. The normalized spacial score (nSPS) is 17.7. The SMILES string of the molecule is O=C([O-])C1(C(=O)[O-])C=CC=C1.O=C([O-])C1(C(=O)[O-])C=CC=C1.[Mn]. The second kappa shape index (κ2) is 7.57. The van der Waals surface area contributed by atoms with Crippen LogP contribution in [-0.4, -0.2) is 23.9 Å². The van der Waals surface area contributed by atoms with E-state index in [1.165, 1.54) is 24.3 Å². The summed E-state index contributed by atoms with van der Waals surface area (Å²) in [6.07, 6.45) is 9.35. The van der Waals surface area contributed by atoms with E-state index in [4.69, 9.17) is 0 Å². The van der Waals surface area contributed by atoms with Crippen molar-refractivity contribution in [3.05, 3.63) is 48.6 Å². The number of carboxylic acid groups (broad SMARTS) is 4. The van der Waals surface area contributed by atoms with Crippen molar-refractivity contribution < 1.29 is 56.7 Å². The van der Waals surface area contributed by atoms with Gasteiger partial charge in [-0.3, -0.25) is 0 Å². The Morgan fingerprint density at radius 2 is 0.696 bits per heavy atom. The minimum absolute atomic E-state index is 0. The van der Waals surface area contributed by atoms with Crippen LogP contribution in [-0.2, 0) is 36.2 Å². The predicted octanol–water partition coefficient (Wildman–Crippen LogP) is -4.81. The van der Waals surface area contributed by atoms with Crippen LogP contribution in [0.2, 0.25) is 0 Å². The van der Waals surface area contributed by atoms with Gasteiger partial charge in [-0.25, -0.2) is 0 Å². The van der Waals surface area contributed by atoms with Gasteiger partial charge < -0.3 is 39.6 Å². The van der Waals surface area contributed by atoms with Gasteiger partial charge in [-0.15, -0.1) is 0 Å². The molecular formula is C14H8MnO8-4. The molecule has 0 fully saturated rings. The maximum Gasteiger partial charge on any atom is 0.0859 e. The fourth-order valence-electron chi connectivity index (χ4n) is 1.65. The zero-order valence-electron chi connectivity index (χ0n) is 11.3. The van der Waals surface area contributed by atoms with E-state index in [1.54, 1.807) is 0 Å². The van der Waals surface area contributed by atoms with Gasteiger partial charge in [-0.05, 0) is 0 Å². The van der Waals surface area contributed by atoms with Crippen LogP contribution in [0.1, 0.15) is 0 Å². The van der Waals surface area contributed by atoms with Crippen molar-refractivity contribution in [3.63, 3.8) is 0 Å². The van der Waals surface area contributed by atoms with Gasteiger partial charge >= 0.3 is 0 Å². The number of carboxylic acids is 4. The molecule has 0 aromatic heterocycles. The van der Waals surface area contributed by atoms with Gasteiger partial charge in [-0.1, -0.05) is 48.6 Å². The van der Waals surface area contributed by atoms with Gasteiger partial charge in [0.25, 0.3) is 0 Å². The molecular weight excluding hydrogens is 351 g/mol. The molecule has 0 aliphatic heterocycles. The fourth-order valence-corrected chi connectivity index (χ4v) is 1.65.